The van der Waals surface area contributed by atoms with Crippen molar-refractivity contribution in [2.45, 2.75) is 6.92 Å². The van der Waals surface area contributed by atoms with Gasteiger partial charge in [-0.1, -0.05) is 18.2 Å². The molecule has 1 rings (SSSR count). The maximum Gasteiger partial charge on any atom is 0.491 e. The van der Waals surface area contributed by atoms with Crippen molar-refractivity contribution in [1.82, 2.24) is 0 Å². The molecule has 14 heavy (non-hydrogen) atoms. The summed E-state index contributed by atoms with van der Waals surface area (Å²) in [6.45, 7) is 2.10. The number of hydroxylamine groups is 1. The van der Waals surface area contributed by atoms with Crippen molar-refractivity contribution in [3.05, 3.63) is 30.3 Å². The van der Waals surface area contributed by atoms with Crippen LogP contribution in [0.2, 0.25) is 0 Å². The predicted octanol–water partition coefficient (Wildman–Crippen LogP) is 1.54. The first-order chi connectivity index (χ1) is 6.53. The largest absolute Gasteiger partial charge is 0.491 e. The monoisotopic (exact) mass is 217 g/mol. The molecule has 0 unspecified atom stereocenters. The quantitative estimate of drug-likeness (QED) is 0.591. The van der Waals surface area contributed by atoms with Gasteiger partial charge in [0.1, 0.15) is 0 Å². The molecule has 1 aromatic rings. The lowest BCUT2D eigenvalue weighted by molar-refractivity contribution is 0.180. The Kier molecular flexibility index (Phi) is 3.66. The minimum atomic E-state index is -4.48. The van der Waals surface area contributed by atoms with Crippen LogP contribution in [-0.4, -0.2) is 16.3 Å². The van der Waals surface area contributed by atoms with Crippen LogP contribution >= 0.6 is 7.82 Å². The van der Waals surface area contributed by atoms with Crippen molar-refractivity contribution in [1.29, 1.82) is 0 Å². The number of hydrogen-bond acceptors (Lipinski definition) is 3. The van der Waals surface area contributed by atoms with Gasteiger partial charge in [-0.15, -0.1) is 0 Å². The van der Waals surface area contributed by atoms with Crippen molar-refractivity contribution in [2.75, 3.05) is 11.6 Å². The van der Waals surface area contributed by atoms with Crippen LogP contribution in [0, 0.1) is 0 Å². The zero-order valence-electron chi connectivity index (χ0n) is 7.70. The highest BCUT2D eigenvalue weighted by atomic mass is 31.2. The molecule has 0 aliphatic rings. The molecule has 0 saturated heterocycles. The van der Waals surface area contributed by atoms with Crippen LogP contribution in [0.5, 0.6) is 0 Å². The van der Waals surface area contributed by atoms with Crippen molar-refractivity contribution in [3.8, 4) is 0 Å². The van der Waals surface area contributed by atoms with E-state index in [4.69, 9.17) is 9.79 Å². The average Bonchev–Trinajstić information content (AvgIpc) is 2.14. The van der Waals surface area contributed by atoms with Gasteiger partial charge in [-0.2, -0.15) is 4.62 Å². The second kappa shape index (κ2) is 4.57. The number of rotatable bonds is 4. The molecule has 0 aliphatic carbocycles. The first kappa shape index (κ1) is 11.2. The fraction of sp³-hybridized carbons (Fsp3) is 0.250. The smallest absolute Gasteiger partial charge is 0.301 e. The predicted molar refractivity (Wildman–Crippen MR) is 52.6 cm³/mol. The molecule has 0 bridgehead atoms. The third kappa shape index (κ3) is 3.47. The SMILES string of the molecule is CCN(OP(=O)(O)O)c1ccccc1. The molecule has 1 aromatic carbocycles. The summed E-state index contributed by atoms with van der Waals surface area (Å²) in [4.78, 5) is 17.3. The molecular formula is C8H12NO4P. The van der Waals surface area contributed by atoms with Crippen LogP contribution in [0.3, 0.4) is 0 Å². The van der Waals surface area contributed by atoms with Gasteiger partial charge in [0.2, 0.25) is 0 Å². The molecule has 0 aliphatic heterocycles. The highest BCUT2D eigenvalue weighted by Gasteiger charge is 2.19. The van der Waals surface area contributed by atoms with Crippen molar-refractivity contribution < 1.29 is 19.0 Å². The van der Waals surface area contributed by atoms with Crippen LogP contribution in [0.15, 0.2) is 30.3 Å². The molecule has 0 atom stereocenters. The molecule has 5 nitrogen and oxygen atoms in total. The summed E-state index contributed by atoms with van der Waals surface area (Å²) in [5.41, 5.74) is 0.610. The summed E-state index contributed by atoms with van der Waals surface area (Å²) in [6.07, 6.45) is 0. The van der Waals surface area contributed by atoms with Gasteiger partial charge in [0.25, 0.3) is 0 Å². The van der Waals surface area contributed by atoms with Gasteiger partial charge >= 0.3 is 7.82 Å². The van der Waals surface area contributed by atoms with E-state index >= 15 is 0 Å². The fourth-order valence-electron chi connectivity index (χ4n) is 1.01. The average molecular weight is 217 g/mol. The Morgan fingerprint density at radius 3 is 2.36 bits per heavy atom. The number of para-hydroxylation sites is 1. The zero-order chi connectivity index (χ0) is 10.6. The topological polar surface area (TPSA) is 70.0 Å². The van der Waals surface area contributed by atoms with Gasteiger partial charge in [-0.3, -0.25) is 0 Å². The normalized spacial score (nSPS) is 11.4. The number of hydrogen-bond donors (Lipinski definition) is 2. The van der Waals surface area contributed by atoms with Gasteiger partial charge in [-0.05, 0) is 19.1 Å². The van der Waals surface area contributed by atoms with Gasteiger partial charge < -0.3 is 9.79 Å². The first-order valence-electron chi connectivity index (χ1n) is 4.11. The fourth-order valence-corrected chi connectivity index (χ4v) is 1.48. The maximum atomic E-state index is 10.6. The first-order valence-corrected chi connectivity index (χ1v) is 5.64. The Labute approximate surface area is 82.1 Å². The highest BCUT2D eigenvalue weighted by molar-refractivity contribution is 7.46. The van der Waals surface area contributed by atoms with Crippen molar-refractivity contribution in [3.63, 3.8) is 0 Å². The summed E-state index contributed by atoms with van der Waals surface area (Å²) in [7, 11) is -4.48. The molecule has 6 heteroatoms. The summed E-state index contributed by atoms with van der Waals surface area (Å²) < 4.78 is 15.1. The molecule has 0 aromatic heterocycles. The number of anilines is 1. The number of phosphoric acid groups is 1. The number of benzene rings is 1. The lowest BCUT2D eigenvalue weighted by Crippen LogP contribution is -2.21. The van der Waals surface area contributed by atoms with E-state index in [1.807, 2.05) is 6.07 Å². The third-order valence-corrected chi connectivity index (χ3v) is 1.95. The molecule has 0 radical (unpaired) electrons. The van der Waals surface area contributed by atoms with E-state index < -0.39 is 7.82 Å². The van der Waals surface area contributed by atoms with Crippen LogP contribution in [0.1, 0.15) is 6.92 Å². The maximum absolute atomic E-state index is 10.6. The summed E-state index contributed by atoms with van der Waals surface area (Å²) >= 11 is 0. The van der Waals surface area contributed by atoms with E-state index in [-0.39, 0.29) is 0 Å². The Morgan fingerprint density at radius 1 is 1.36 bits per heavy atom. The molecule has 0 fully saturated rings. The van der Waals surface area contributed by atoms with E-state index in [2.05, 4.69) is 4.62 Å². The van der Waals surface area contributed by atoms with Crippen LogP contribution in [0.4, 0.5) is 5.69 Å². The molecule has 0 spiro atoms. The standard InChI is InChI=1S/C8H12NO4P/c1-2-9(13-14(10,11)12)8-6-4-3-5-7-8/h3-7H,2H2,1H3,(H2,10,11,12). The minimum absolute atomic E-state index is 0.356. The summed E-state index contributed by atoms with van der Waals surface area (Å²) in [5, 5.41) is 1.15. The van der Waals surface area contributed by atoms with Crippen molar-refractivity contribution in [2.24, 2.45) is 0 Å². The Balaban J connectivity index is 2.78. The van der Waals surface area contributed by atoms with Crippen LogP contribution in [-0.2, 0) is 9.19 Å². The third-order valence-electron chi connectivity index (χ3n) is 1.54. The molecular weight excluding hydrogens is 205 g/mol. The zero-order valence-corrected chi connectivity index (χ0v) is 8.59. The molecule has 78 valence electrons. The van der Waals surface area contributed by atoms with Crippen LogP contribution in [0.25, 0.3) is 0 Å². The number of nitrogens with zero attached hydrogens (tertiary/aromatic N) is 1. The lowest BCUT2D eigenvalue weighted by Gasteiger charge is -2.21. The lowest BCUT2D eigenvalue weighted by atomic mass is 10.3. The Bertz CT molecular complexity index is 323. The van der Waals surface area contributed by atoms with Gasteiger partial charge in [0.15, 0.2) is 0 Å². The second-order valence-corrected chi connectivity index (χ2v) is 3.75. The van der Waals surface area contributed by atoms with Gasteiger partial charge in [-0.25, -0.2) is 9.63 Å². The second-order valence-electron chi connectivity index (χ2n) is 2.60. The van der Waals surface area contributed by atoms with Crippen molar-refractivity contribution >= 4 is 13.5 Å². The Morgan fingerprint density at radius 2 is 1.93 bits per heavy atom. The van der Waals surface area contributed by atoms with E-state index in [0.717, 1.165) is 5.06 Å². The summed E-state index contributed by atoms with van der Waals surface area (Å²) in [5.74, 6) is 0. The highest BCUT2D eigenvalue weighted by Crippen LogP contribution is 2.38. The Hall–Kier alpha value is -0.870. The van der Waals surface area contributed by atoms with E-state index in [1.165, 1.54) is 0 Å². The van der Waals surface area contributed by atoms with Gasteiger partial charge in [0.05, 0.1) is 5.69 Å². The van der Waals surface area contributed by atoms with E-state index in [9.17, 15) is 4.57 Å². The van der Waals surface area contributed by atoms with E-state index in [0.29, 0.717) is 12.2 Å². The van der Waals surface area contributed by atoms with Crippen LogP contribution < -0.4 is 5.06 Å². The van der Waals surface area contributed by atoms with E-state index in [1.54, 1.807) is 31.2 Å². The molecule has 0 amide bonds. The molecule has 0 saturated carbocycles. The van der Waals surface area contributed by atoms with Gasteiger partial charge in [0, 0.05) is 6.54 Å². The minimum Gasteiger partial charge on any atom is -0.301 e. The molecule has 0 heterocycles. The summed E-state index contributed by atoms with van der Waals surface area (Å²) in [6, 6.07) is 8.76. The molecule has 2 N–H and O–H groups in total.